The Kier molecular flexibility index (Phi) is 5.96. The van der Waals surface area contributed by atoms with Crippen LogP contribution >= 0.6 is 0 Å². The van der Waals surface area contributed by atoms with Gasteiger partial charge in [-0.25, -0.2) is 9.97 Å². The minimum atomic E-state index is -0.171. The van der Waals surface area contributed by atoms with Crippen molar-refractivity contribution in [2.75, 3.05) is 5.73 Å². The monoisotopic (exact) mass is 462 g/mol. The maximum atomic E-state index is 12.7. The molecule has 5 rings (SSSR count). The molecule has 9 nitrogen and oxygen atoms in total. The van der Waals surface area contributed by atoms with Crippen LogP contribution in [0.15, 0.2) is 90.2 Å². The number of nitrogens with two attached hydrogens (primary N) is 1. The molecule has 0 aliphatic carbocycles. The predicted octanol–water partition coefficient (Wildman–Crippen LogP) is 3.67. The summed E-state index contributed by atoms with van der Waals surface area (Å²) in [5.74, 6) is 0.0753. The van der Waals surface area contributed by atoms with Crippen LogP contribution in [0.25, 0.3) is 22.3 Å². The van der Waals surface area contributed by atoms with Crippen LogP contribution in [0.5, 0.6) is 0 Å². The van der Waals surface area contributed by atoms with Crippen LogP contribution in [-0.4, -0.2) is 36.7 Å². The average molecular weight is 463 g/mol. The third kappa shape index (κ3) is 4.74. The van der Waals surface area contributed by atoms with E-state index in [9.17, 15) is 4.79 Å². The summed E-state index contributed by atoms with van der Waals surface area (Å²) >= 11 is 0. The van der Waals surface area contributed by atoms with Crippen molar-refractivity contribution < 1.29 is 4.79 Å². The molecular formula is C26H22N8O. The highest BCUT2D eigenvalue weighted by Crippen LogP contribution is 2.21. The predicted molar refractivity (Wildman–Crippen MR) is 135 cm³/mol. The molecule has 0 aliphatic heterocycles. The lowest BCUT2D eigenvalue weighted by Crippen LogP contribution is -2.22. The molecule has 0 radical (unpaired) electrons. The van der Waals surface area contributed by atoms with E-state index in [1.807, 2.05) is 66.7 Å². The average Bonchev–Trinajstić information content (AvgIpc) is 3.31. The molecule has 172 valence electrons. The molecule has 5 aromatic rings. The second-order valence-corrected chi connectivity index (χ2v) is 7.89. The van der Waals surface area contributed by atoms with E-state index in [1.165, 1.54) is 4.79 Å². The summed E-state index contributed by atoms with van der Waals surface area (Å²) in [5, 5.41) is 15.7. The SMILES string of the molecule is CC(=Nn1nnc2ccccc21)c1nc(-c2cccc(C(=O)NCc3ccccc3)c2)cnc1N. The molecule has 0 saturated carbocycles. The van der Waals surface area contributed by atoms with E-state index in [0.717, 1.165) is 22.2 Å². The molecule has 0 fully saturated rings. The van der Waals surface area contributed by atoms with Gasteiger partial charge in [0.1, 0.15) is 16.7 Å². The van der Waals surface area contributed by atoms with Gasteiger partial charge in [-0.3, -0.25) is 4.79 Å². The minimum Gasteiger partial charge on any atom is -0.382 e. The second kappa shape index (κ2) is 9.52. The van der Waals surface area contributed by atoms with Crippen LogP contribution in [0, 0.1) is 0 Å². The zero-order valence-electron chi connectivity index (χ0n) is 19.0. The van der Waals surface area contributed by atoms with Crippen molar-refractivity contribution in [3.63, 3.8) is 0 Å². The van der Waals surface area contributed by atoms with Gasteiger partial charge in [-0.15, -0.1) is 9.89 Å². The van der Waals surface area contributed by atoms with Crippen molar-refractivity contribution in [2.24, 2.45) is 5.10 Å². The first-order chi connectivity index (χ1) is 17.1. The summed E-state index contributed by atoms with van der Waals surface area (Å²) in [6.07, 6.45) is 1.58. The number of rotatable bonds is 6. The number of benzene rings is 3. The lowest BCUT2D eigenvalue weighted by atomic mass is 10.1. The second-order valence-electron chi connectivity index (χ2n) is 7.89. The Morgan fingerprint density at radius 1 is 1.03 bits per heavy atom. The number of para-hydroxylation sites is 1. The number of amides is 1. The molecule has 0 aliphatic rings. The molecule has 9 heteroatoms. The molecular weight excluding hydrogens is 440 g/mol. The Hall–Kier alpha value is -4.92. The highest BCUT2D eigenvalue weighted by molar-refractivity contribution is 6.01. The number of carbonyl (C=O) groups excluding carboxylic acids is 1. The molecule has 3 aromatic carbocycles. The summed E-state index contributed by atoms with van der Waals surface area (Å²) in [6.45, 7) is 2.23. The van der Waals surface area contributed by atoms with E-state index in [0.29, 0.717) is 29.2 Å². The number of hydrogen-bond donors (Lipinski definition) is 2. The van der Waals surface area contributed by atoms with Gasteiger partial charge in [0.25, 0.3) is 5.91 Å². The number of nitrogens with one attached hydrogen (secondary N) is 1. The van der Waals surface area contributed by atoms with Crippen LogP contribution < -0.4 is 11.1 Å². The maximum Gasteiger partial charge on any atom is 0.251 e. The van der Waals surface area contributed by atoms with Crippen molar-refractivity contribution in [3.8, 4) is 11.3 Å². The first kappa shape index (κ1) is 21.9. The Labute approximate surface area is 201 Å². The van der Waals surface area contributed by atoms with Crippen molar-refractivity contribution in [1.82, 2.24) is 30.4 Å². The Morgan fingerprint density at radius 3 is 2.69 bits per heavy atom. The fraction of sp³-hybridized carbons (Fsp3) is 0.0769. The topological polar surface area (TPSA) is 124 Å². The Bertz CT molecular complexity index is 1540. The quantitative estimate of drug-likeness (QED) is 0.371. The number of nitrogens with zero attached hydrogens (tertiary/aromatic N) is 6. The smallest absolute Gasteiger partial charge is 0.251 e. The van der Waals surface area contributed by atoms with Gasteiger partial charge in [0.2, 0.25) is 0 Å². The van der Waals surface area contributed by atoms with Crippen molar-refractivity contribution in [3.05, 3.63) is 102 Å². The Morgan fingerprint density at radius 2 is 1.83 bits per heavy atom. The van der Waals surface area contributed by atoms with E-state index in [-0.39, 0.29) is 11.7 Å². The lowest BCUT2D eigenvalue weighted by Gasteiger charge is -2.09. The van der Waals surface area contributed by atoms with E-state index < -0.39 is 0 Å². The molecule has 0 spiro atoms. The van der Waals surface area contributed by atoms with Crippen LogP contribution in [0.2, 0.25) is 0 Å². The number of aromatic nitrogens is 5. The summed E-state index contributed by atoms with van der Waals surface area (Å²) < 4.78 is 0. The van der Waals surface area contributed by atoms with Gasteiger partial charge >= 0.3 is 0 Å². The zero-order chi connectivity index (χ0) is 24.2. The first-order valence-electron chi connectivity index (χ1n) is 11.0. The molecule has 35 heavy (non-hydrogen) atoms. The summed E-state index contributed by atoms with van der Waals surface area (Å²) in [4.78, 5) is 23.1. The normalized spacial score (nSPS) is 11.5. The number of nitrogen functional groups attached to an aromatic ring is 1. The molecule has 1 amide bonds. The minimum absolute atomic E-state index is 0.171. The van der Waals surface area contributed by atoms with E-state index in [2.05, 4.69) is 30.7 Å². The highest BCUT2D eigenvalue weighted by atomic mass is 16.1. The van der Waals surface area contributed by atoms with Crippen molar-refractivity contribution in [2.45, 2.75) is 13.5 Å². The van der Waals surface area contributed by atoms with Crippen LogP contribution in [0.1, 0.15) is 28.5 Å². The summed E-state index contributed by atoms with van der Waals surface area (Å²) in [5.41, 5.74) is 11.5. The van der Waals surface area contributed by atoms with Crippen molar-refractivity contribution in [1.29, 1.82) is 0 Å². The van der Waals surface area contributed by atoms with Crippen LogP contribution in [0.4, 0.5) is 5.82 Å². The molecule has 0 bridgehead atoms. The largest absolute Gasteiger partial charge is 0.382 e. The van der Waals surface area contributed by atoms with Crippen LogP contribution in [0.3, 0.4) is 0 Å². The number of anilines is 1. The summed E-state index contributed by atoms with van der Waals surface area (Å²) in [6, 6.07) is 24.5. The van der Waals surface area contributed by atoms with E-state index in [4.69, 9.17) is 5.73 Å². The molecule has 3 N–H and O–H groups in total. The third-order valence-corrected chi connectivity index (χ3v) is 5.44. The Balaban J connectivity index is 1.41. The van der Waals surface area contributed by atoms with Crippen molar-refractivity contribution >= 4 is 28.5 Å². The first-order valence-corrected chi connectivity index (χ1v) is 11.0. The number of hydrogen-bond acceptors (Lipinski definition) is 7. The number of fused-ring (bicyclic) bond motifs is 1. The van der Waals surface area contributed by atoms with E-state index >= 15 is 0 Å². The zero-order valence-corrected chi connectivity index (χ0v) is 19.0. The standard InChI is InChI=1S/C26H22N8O/c1-17(32-34-23-13-6-5-12-21(23)31-33-34)24-25(27)28-16-22(30-24)19-10-7-11-20(14-19)26(35)29-15-18-8-3-2-4-9-18/h2-14,16H,15H2,1H3,(H2,27,28)(H,29,35). The van der Waals surface area contributed by atoms with Gasteiger partial charge in [0, 0.05) is 17.7 Å². The van der Waals surface area contributed by atoms with Gasteiger partial charge in [0.15, 0.2) is 5.82 Å². The summed E-state index contributed by atoms with van der Waals surface area (Å²) in [7, 11) is 0. The van der Waals surface area contributed by atoms with Gasteiger partial charge in [0.05, 0.1) is 17.6 Å². The van der Waals surface area contributed by atoms with E-state index in [1.54, 1.807) is 25.3 Å². The van der Waals surface area contributed by atoms with Gasteiger partial charge in [-0.1, -0.05) is 54.6 Å². The van der Waals surface area contributed by atoms with Gasteiger partial charge in [-0.05, 0) is 42.0 Å². The fourth-order valence-electron chi connectivity index (χ4n) is 3.62. The van der Waals surface area contributed by atoms with Crippen LogP contribution in [-0.2, 0) is 6.54 Å². The molecule has 0 atom stereocenters. The molecule has 2 aromatic heterocycles. The number of carbonyl (C=O) groups is 1. The maximum absolute atomic E-state index is 12.7. The molecule has 2 heterocycles. The molecule has 0 unspecified atom stereocenters. The van der Waals surface area contributed by atoms with Gasteiger partial charge in [-0.2, -0.15) is 5.10 Å². The highest BCUT2D eigenvalue weighted by Gasteiger charge is 2.13. The fourth-order valence-corrected chi connectivity index (χ4v) is 3.62. The van der Waals surface area contributed by atoms with Gasteiger partial charge < -0.3 is 11.1 Å². The molecule has 0 saturated heterocycles. The third-order valence-electron chi connectivity index (χ3n) is 5.44. The lowest BCUT2D eigenvalue weighted by molar-refractivity contribution is 0.0951.